The molecule has 0 aromatic carbocycles. The molecule has 1 heterocycles. The second-order valence-electron chi connectivity index (χ2n) is 2.67. The molecule has 5 nitrogen and oxygen atoms in total. The lowest BCUT2D eigenvalue weighted by Gasteiger charge is -2.25. The van der Waals surface area contributed by atoms with Gasteiger partial charge in [0.2, 0.25) is 0 Å². The van der Waals surface area contributed by atoms with Gasteiger partial charge in [-0.2, -0.15) is 0 Å². The third-order valence-corrected chi connectivity index (χ3v) is 2.33. The van der Waals surface area contributed by atoms with Crippen molar-refractivity contribution in [3.63, 3.8) is 0 Å². The Bertz CT molecular complexity index is 190. The molecule has 0 spiro atoms. The Hall–Kier alpha value is -0.360. The predicted octanol–water partition coefficient (Wildman–Crippen LogP) is -1.77. The average molecular weight is 197 g/mol. The van der Waals surface area contributed by atoms with Crippen molar-refractivity contribution < 1.29 is 24.9 Å². The van der Waals surface area contributed by atoms with Gasteiger partial charge in [0.1, 0.15) is 6.10 Å². The number of carbonyl (C=O) groups excluding carboxylic acids is 1. The Labute approximate surface area is 73.5 Å². The van der Waals surface area contributed by atoms with Crippen LogP contribution in [0.3, 0.4) is 0 Å². The van der Waals surface area contributed by atoms with Crippen molar-refractivity contribution in [3.8, 4) is 0 Å². The van der Waals surface area contributed by atoms with Gasteiger partial charge in [0, 0.05) is 0 Å². The molecule has 0 saturated carbocycles. The van der Waals surface area contributed by atoms with E-state index in [1.54, 1.807) is 0 Å². The van der Waals surface area contributed by atoms with Gasteiger partial charge in [-0.1, -0.05) is 0 Å². The summed E-state index contributed by atoms with van der Waals surface area (Å²) in [5.41, 5.74) is -1.54. The molecule has 0 aromatic heterocycles. The van der Waals surface area contributed by atoms with Gasteiger partial charge in [0.15, 0.2) is 11.7 Å². The SMILES string of the molecule is O=C1O[C@@](CO)(CCl)[C@@H](O)[C@H]1O. The van der Waals surface area contributed by atoms with E-state index < -0.39 is 30.4 Å². The molecule has 1 aliphatic heterocycles. The van der Waals surface area contributed by atoms with Gasteiger partial charge in [0.25, 0.3) is 0 Å². The van der Waals surface area contributed by atoms with Crippen LogP contribution in [0.4, 0.5) is 0 Å². The first-order valence-corrected chi connectivity index (χ1v) is 3.86. The second-order valence-corrected chi connectivity index (χ2v) is 2.93. The Morgan fingerprint density at radius 2 is 2.17 bits per heavy atom. The first kappa shape index (κ1) is 9.73. The molecule has 0 unspecified atom stereocenters. The quantitative estimate of drug-likeness (QED) is 0.360. The van der Waals surface area contributed by atoms with Gasteiger partial charge in [0.05, 0.1) is 12.5 Å². The summed E-state index contributed by atoms with van der Waals surface area (Å²) in [6.07, 6.45) is -3.08. The van der Waals surface area contributed by atoms with Crippen LogP contribution in [0.15, 0.2) is 0 Å². The van der Waals surface area contributed by atoms with Crippen LogP contribution in [0.1, 0.15) is 0 Å². The van der Waals surface area contributed by atoms with E-state index in [0.29, 0.717) is 0 Å². The Morgan fingerprint density at radius 1 is 1.58 bits per heavy atom. The van der Waals surface area contributed by atoms with E-state index in [1.165, 1.54) is 0 Å². The van der Waals surface area contributed by atoms with Crippen LogP contribution in [0.25, 0.3) is 0 Å². The average Bonchev–Trinajstić information content (AvgIpc) is 2.30. The highest BCUT2D eigenvalue weighted by molar-refractivity contribution is 6.18. The molecule has 6 heteroatoms. The topological polar surface area (TPSA) is 87.0 Å². The number of rotatable bonds is 2. The zero-order valence-electron chi connectivity index (χ0n) is 6.11. The molecule has 3 atom stereocenters. The smallest absolute Gasteiger partial charge is 0.338 e. The maximum atomic E-state index is 10.7. The van der Waals surface area contributed by atoms with E-state index in [1.807, 2.05) is 0 Å². The summed E-state index contributed by atoms with van der Waals surface area (Å²) in [6, 6.07) is 0. The van der Waals surface area contributed by atoms with Crippen molar-refractivity contribution in [3.05, 3.63) is 0 Å². The molecule has 1 rings (SSSR count). The maximum Gasteiger partial charge on any atom is 0.338 e. The van der Waals surface area contributed by atoms with E-state index in [-0.39, 0.29) is 5.88 Å². The van der Waals surface area contributed by atoms with Gasteiger partial charge in [-0.25, -0.2) is 4.79 Å². The maximum absolute atomic E-state index is 10.7. The Kier molecular flexibility index (Phi) is 2.58. The van der Waals surface area contributed by atoms with Crippen molar-refractivity contribution in [2.45, 2.75) is 17.8 Å². The van der Waals surface area contributed by atoms with Crippen LogP contribution in [-0.2, 0) is 9.53 Å². The van der Waals surface area contributed by atoms with Gasteiger partial charge in [-0.05, 0) is 0 Å². The Balaban J connectivity index is 2.86. The van der Waals surface area contributed by atoms with Crippen molar-refractivity contribution in [2.75, 3.05) is 12.5 Å². The van der Waals surface area contributed by atoms with Crippen LogP contribution in [0.5, 0.6) is 0 Å². The van der Waals surface area contributed by atoms with Crippen molar-refractivity contribution in [2.24, 2.45) is 0 Å². The normalized spacial score (nSPS) is 41.5. The molecule has 1 aliphatic rings. The van der Waals surface area contributed by atoms with Crippen molar-refractivity contribution in [1.82, 2.24) is 0 Å². The minimum atomic E-state index is -1.61. The monoisotopic (exact) mass is 196 g/mol. The number of alkyl halides is 1. The van der Waals surface area contributed by atoms with Gasteiger partial charge in [-0.3, -0.25) is 0 Å². The number of aliphatic hydroxyl groups excluding tert-OH is 3. The summed E-state index contributed by atoms with van der Waals surface area (Å²) in [4.78, 5) is 10.7. The molecule has 0 bridgehead atoms. The fourth-order valence-corrected chi connectivity index (χ4v) is 1.31. The molecule has 70 valence electrons. The fourth-order valence-electron chi connectivity index (χ4n) is 1.01. The summed E-state index contributed by atoms with van der Waals surface area (Å²) in [5.74, 6) is -1.22. The fraction of sp³-hybridized carbons (Fsp3) is 0.833. The summed E-state index contributed by atoms with van der Waals surface area (Å²) in [5, 5.41) is 27.0. The summed E-state index contributed by atoms with van der Waals surface area (Å²) >= 11 is 5.38. The lowest BCUT2D eigenvalue weighted by molar-refractivity contribution is -0.154. The predicted molar refractivity (Wildman–Crippen MR) is 38.6 cm³/mol. The number of esters is 1. The number of hydrogen-bond acceptors (Lipinski definition) is 5. The molecule has 1 fully saturated rings. The number of carbonyl (C=O) groups is 1. The number of halogens is 1. The zero-order valence-corrected chi connectivity index (χ0v) is 6.86. The highest BCUT2D eigenvalue weighted by atomic mass is 35.5. The van der Waals surface area contributed by atoms with Crippen LogP contribution < -0.4 is 0 Å². The number of aliphatic hydroxyl groups is 3. The molecule has 1 saturated heterocycles. The minimum absolute atomic E-state index is 0.256. The van der Waals surface area contributed by atoms with E-state index in [0.717, 1.165) is 0 Å². The van der Waals surface area contributed by atoms with Gasteiger partial charge >= 0.3 is 5.97 Å². The zero-order chi connectivity index (χ0) is 9.35. The highest BCUT2D eigenvalue weighted by Crippen LogP contribution is 2.28. The lowest BCUT2D eigenvalue weighted by Crippen LogP contribution is -2.47. The van der Waals surface area contributed by atoms with Crippen LogP contribution in [0.2, 0.25) is 0 Å². The van der Waals surface area contributed by atoms with Crippen molar-refractivity contribution >= 4 is 17.6 Å². The second kappa shape index (κ2) is 3.18. The van der Waals surface area contributed by atoms with E-state index >= 15 is 0 Å². The third-order valence-electron chi connectivity index (χ3n) is 1.88. The first-order valence-electron chi connectivity index (χ1n) is 3.33. The molecular weight excluding hydrogens is 188 g/mol. The molecule has 3 N–H and O–H groups in total. The molecule has 0 aromatic rings. The van der Waals surface area contributed by atoms with Crippen LogP contribution in [-0.4, -0.2) is 51.6 Å². The molecule has 0 amide bonds. The molecular formula is C6H9ClO5. The Morgan fingerprint density at radius 3 is 2.33 bits per heavy atom. The highest BCUT2D eigenvalue weighted by Gasteiger charge is 2.54. The summed E-state index contributed by atoms with van der Waals surface area (Å²) < 4.78 is 4.55. The molecule has 0 aliphatic carbocycles. The molecule has 0 radical (unpaired) electrons. The van der Waals surface area contributed by atoms with Gasteiger partial charge in [-0.15, -0.1) is 11.6 Å². The largest absolute Gasteiger partial charge is 0.450 e. The van der Waals surface area contributed by atoms with Crippen molar-refractivity contribution in [1.29, 1.82) is 0 Å². The number of cyclic esters (lactones) is 1. The standard InChI is InChI=1S/C6H9ClO5/c7-1-6(2-8)4(10)3(9)5(11)12-6/h3-4,8-10H,1-2H2/t3-,4+,6-/m1/s1. The van der Waals surface area contributed by atoms with E-state index in [4.69, 9.17) is 21.8 Å². The summed E-state index contributed by atoms with van der Waals surface area (Å²) in [6.45, 7) is -0.611. The molecule has 12 heavy (non-hydrogen) atoms. The van der Waals surface area contributed by atoms with Crippen LogP contribution >= 0.6 is 11.6 Å². The van der Waals surface area contributed by atoms with E-state index in [2.05, 4.69) is 4.74 Å². The first-order chi connectivity index (χ1) is 5.57. The number of hydrogen-bond donors (Lipinski definition) is 3. The van der Waals surface area contributed by atoms with Gasteiger partial charge < -0.3 is 20.1 Å². The minimum Gasteiger partial charge on any atom is -0.450 e. The lowest BCUT2D eigenvalue weighted by atomic mass is 9.99. The van der Waals surface area contributed by atoms with E-state index in [9.17, 15) is 9.90 Å². The van der Waals surface area contributed by atoms with Crippen LogP contribution in [0, 0.1) is 0 Å². The number of ether oxygens (including phenoxy) is 1. The third kappa shape index (κ3) is 1.19. The summed E-state index contributed by atoms with van der Waals surface area (Å²) in [7, 11) is 0.